The van der Waals surface area contributed by atoms with Crippen molar-refractivity contribution >= 4 is 5.91 Å². The van der Waals surface area contributed by atoms with Crippen LogP contribution in [0.25, 0.3) is 5.69 Å². The maximum atomic E-state index is 14.1. The molecule has 0 fully saturated rings. The van der Waals surface area contributed by atoms with Crippen LogP contribution in [0.2, 0.25) is 0 Å². The molecule has 1 amide bonds. The van der Waals surface area contributed by atoms with Gasteiger partial charge in [-0.3, -0.25) is 9.59 Å². The number of nitrogens with zero attached hydrogens (tertiary/aromatic N) is 3. The second-order valence-electron chi connectivity index (χ2n) is 6.51. The molecule has 138 valence electrons. The third-order valence-corrected chi connectivity index (χ3v) is 4.28. The zero-order valence-electron chi connectivity index (χ0n) is 15.4. The second-order valence-corrected chi connectivity index (χ2v) is 6.51. The Bertz CT molecular complexity index is 1040. The Balaban J connectivity index is 1.95. The van der Waals surface area contributed by atoms with E-state index in [9.17, 15) is 14.0 Å². The third kappa shape index (κ3) is 3.95. The third-order valence-electron chi connectivity index (χ3n) is 4.28. The molecule has 0 radical (unpaired) electrons. The Labute approximate surface area is 156 Å². The molecule has 2 aromatic carbocycles. The van der Waals surface area contributed by atoms with Crippen LogP contribution in [0.1, 0.15) is 27.3 Å². The van der Waals surface area contributed by atoms with Crippen LogP contribution in [0.4, 0.5) is 4.39 Å². The van der Waals surface area contributed by atoms with Gasteiger partial charge in [-0.1, -0.05) is 42.0 Å². The number of halogens is 1. The van der Waals surface area contributed by atoms with Gasteiger partial charge in [-0.05, 0) is 31.5 Å². The molecule has 5 nitrogen and oxygen atoms in total. The molecule has 3 aromatic rings. The van der Waals surface area contributed by atoms with Crippen molar-refractivity contribution in [2.24, 2.45) is 0 Å². The molecule has 0 atom stereocenters. The standard InChI is InChI=1S/C21H20FN3O2/c1-14-8-10-16(11-9-14)13-24(3)21(27)20-19(26)12-15(2)25(23-20)18-7-5-4-6-17(18)22/h4-12H,13H2,1-3H3. The van der Waals surface area contributed by atoms with Crippen LogP contribution < -0.4 is 5.43 Å². The van der Waals surface area contributed by atoms with E-state index in [2.05, 4.69) is 5.10 Å². The van der Waals surface area contributed by atoms with Gasteiger partial charge in [0.1, 0.15) is 11.5 Å². The number of rotatable bonds is 4. The number of benzene rings is 2. The summed E-state index contributed by atoms with van der Waals surface area (Å²) in [5.74, 6) is -0.992. The summed E-state index contributed by atoms with van der Waals surface area (Å²) in [6, 6.07) is 15.2. The molecule has 0 saturated carbocycles. The minimum atomic E-state index is -0.509. The summed E-state index contributed by atoms with van der Waals surface area (Å²) in [5, 5.41) is 4.15. The first kappa shape index (κ1) is 18.5. The fourth-order valence-electron chi connectivity index (χ4n) is 2.78. The van der Waals surface area contributed by atoms with Crippen molar-refractivity contribution in [1.29, 1.82) is 0 Å². The molecule has 6 heteroatoms. The minimum absolute atomic E-state index is 0.185. The van der Waals surface area contributed by atoms with Gasteiger partial charge in [0.2, 0.25) is 5.43 Å². The van der Waals surface area contributed by atoms with Crippen LogP contribution in [-0.2, 0) is 6.54 Å². The lowest BCUT2D eigenvalue weighted by Gasteiger charge is -2.18. The summed E-state index contributed by atoms with van der Waals surface area (Å²) in [7, 11) is 1.61. The molecule has 0 unspecified atom stereocenters. The van der Waals surface area contributed by atoms with Gasteiger partial charge in [-0.25, -0.2) is 9.07 Å². The quantitative estimate of drug-likeness (QED) is 0.713. The molecule has 0 aliphatic carbocycles. The van der Waals surface area contributed by atoms with Crippen molar-refractivity contribution in [2.75, 3.05) is 7.05 Å². The Morgan fingerprint density at radius 3 is 2.44 bits per heavy atom. The Hall–Kier alpha value is -3.28. The first-order valence-electron chi connectivity index (χ1n) is 8.53. The van der Waals surface area contributed by atoms with E-state index < -0.39 is 17.2 Å². The molecule has 0 bridgehead atoms. The van der Waals surface area contributed by atoms with Crippen molar-refractivity contribution in [1.82, 2.24) is 14.7 Å². The normalized spacial score (nSPS) is 10.7. The van der Waals surface area contributed by atoms with Crippen LogP contribution >= 0.6 is 0 Å². The molecule has 0 spiro atoms. The van der Waals surface area contributed by atoms with Gasteiger partial charge in [0.05, 0.1) is 0 Å². The van der Waals surface area contributed by atoms with Gasteiger partial charge in [-0.2, -0.15) is 5.10 Å². The smallest absolute Gasteiger partial charge is 0.278 e. The van der Waals surface area contributed by atoms with E-state index in [1.165, 1.54) is 21.7 Å². The summed E-state index contributed by atoms with van der Waals surface area (Å²) in [4.78, 5) is 26.5. The van der Waals surface area contributed by atoms with Crippen molar-refractivity contribution in [3.05, 3.63) is 93.2 Å². The van der Waals surface area contributed by atoms with Crippen LogP contribution in [-0.4, -0.2) is 27.6 Å². The number of aromatic nitrogens is 2. The van der Waals surface area contributed by atoms with Gasteiger partial charge < -0.3 is 4.90 Å². The predicted molar refractivity (Wildman–Crippen MR) is 102 cm³/mol. The highest BCUT2D eigenvalue weighted by Gasteiger charge is 2.20. The topological polar surface area (TPSA) is 55.2 Å². The lowest BCUT2D eigenvalue weighted by Crippen LogP contribution is -2.33. The molecular formula is C21H20FN3O2. The number of carbonyl (C=O) groups excluding carboxylic acids is 1. The van der Waals surface area contributed by atoms with Gasteiger partial charge in [0.25, 0.3) is 5.91 Å². The van der Waals surface area contributed by atoms with E-state index in [0.29, 0.717) is 12.2 Å². The van der Waals surface area contributed by atoms with E-state index in [-0.39, 0.29) is 11.4 Å². The van der Waals surface area contributed by atoms with Crippen molar-refractivity contribution in [3.63, 3.8) is 0 Å². The van der Waals surface area contributed by atoms with Crippen molar-refractivity contribution in [2.45, 2.75) is 20.4 Å². The van der Waals surface area contributed by atoms with Crippen LogP contribution in [0.3, 0.4) is 0 Å². The average Bonchev–Trinajstić information content (AvgIpc) is 2.64. The highest BCUT2D eigenvalue weighted by atomic mass is 19.1. The number of aryl methyl sites for hydroxylation is 2. The van der Waals surface area contributed by atoms with Gasteiger partial charge in [0, 0.05) is 25.4 Å². The first-order valence-corrected chi connectivity index (χ1v) is 8.53. The maximum Gasteiger partial charge on any atom is 0.278 e. The summed E-state index contributed by atoms with van der Waals surface area (Å²) in [5.41, 5.74) is 1.98. The Morgan fingerprint density at radius 2 is 1.78 bits per heavy atom. The average molecular weight is 365 g/mol. The summed E-state index contributed by atoms with van der Waals surface area (Å²) >= 11 is 0. The van der Waals surface area contributed by atoms with Crippen LogP contribution in [0, 0.1) is 19.7 Å². The summed E-state index contributed by atoms with van der Waals surface area (Å²) < 4.78 is 15.4. The second kappa shape index (κ2) is 7.53. The number of carbonyl (C=O) groups is 1. The number of para-hydroxylation sites is 1. The monoisotopic (exact) mass is 365 g/mol. The Morgan fingerprint density at radius 1 is 1.11 bits per heavy atom. The van der Waals surface area contributed by atoms with E-state index in [1.807, 2.05) is 31.2 Å². The summed E-state index contributed by atoms with van der Waals surface area (Å²) in [6.45, 7) is 3.97. The van der Waals surface area contributed by atoms with E-state index in [1.54, 1.807) is 32.2 Å². The van der Waals surface area contributed by atoms with E-state index in [0.717, 1.165) is 11.1 Å². The Kier molecular flexibility index (Phi) is 5.16. The van der Waals surface area contributed by atoms with Crippen molar-refractivity contribution < 1.29 is 9.18 Å². The number of amides is 1. The van der Waals surface area contributed by atoms with E-state index in [4.69, 9.17) is 0 Å². The molecule has 1 aromatic heterocycles. The fourth-order valence-corrected chi connectivity index (χ4v) is 2.78. The molecule has 0 aliphatic rings. The largest absolute Gasteiger partial charge is 0.336 e. The molecule has 1 heterocycles. The lowest BCUT2D eigenvalue weighted by atomic mass is 10.1. The number of hydrogen-bond acceptors (Lipinski definition) is 3. The highest BCUT2D eigenvalue weighted by molar-refractivity contribution is 5.91. The minimum Gasteiger partial charge on any atom is -0.336 e. The fraction of sp³-hybridized carbons (Fsp3) is 0.190. The molecule has 27 heavy (non-hydrogen) atoms. The highest BCUT2D eigenvalue weighted by Crippen LogP contribution is 2.14. The first-order chi connectivity index (χ1) is 12.9. The molecule has 0 N–H and O–H groups in total. The lowest BCUT2D eigenvalue weighted by molar-refractivity contribution is 0.0776. The van der Waals surface area contributed by atoms with Gasteiger partial charge in [0.15, 0.2) is 5.69 Å². The van der Waals surface area contributed by atoms with Crippen LogP contribution in [0.5, 0.6) is 0 Å². The zero-order valence-corrected chi connectivity index (χ0v) is 15.4. The predicted octanol–water partition coefficient (Wildman–Crippen LogP) is 3.26. The van der Waals surface area contributed by atoms with Crippen molar-refractivity contribution in [3.8, 4) is 5.69 Å². The van der Waals surface area contributed by atoms with E-state index >= 15 is 0 Å². The SMILES string of the molecule is Cc1ccc(CN(C)C(=O)c2nn(-c3ccccc3F)c(C)cc2=O)cc1. The van der Waals surface area contributed by atoms with Gasteiger partial charge >= 0.3 is 0 Å². The zero-order chi connectivity index (χ0) is 19.6. The molecule has 3 rings (SSSR count). The summed E-state index contributed by atoms with van der Waals surface area (Å²) in [6.07, 6.45) is 0. The van der Waals surface area contributed by atoms with Gasteiger partial charge in [-0.15, -0.1) is 0 Å². The molecular weight excluding hydrogens is 345 g/mol. The van der Waals surface area contributed by atoms with Crippen LogP contribution in [0.15, 0.2) is 59.4 Å². The molecule has 0 saturated heterocycles. The molecule has 0 aliphatic heterocycles. The maximum absolute atomic E-state index is 14.1. The number of hydrogen-bond donors (Lipinski definition) is 0.